The molecule has 1 saturated carbocycles. The maximum Gasteiger partial charge on any atom is 0.341 e. The van der Waals surface area contributed by atoms with Crippen LogP contribution < -0.4 is 0 Å². The topological polar surface area (TPSA) is 127 Å². The van der Waals surface area contributed by atoms with E-state index in [1.165, 1.54) is 13.8 Å². The van der Waals surface area contributed by atoms with Gasteiger partial charge in [-0.15, -0.1) is 0 Å². The molecule has 1 rings (SSSR count). The molecule has 7 nitrogen and oxygen atoms in total. The number of hydrogen-bond acceptors (Lipinski definition) is 7. The van der Waals surface area contributed by atoms with E-state index in [-0.39, 0.29) is 0 Å². The summed E-state index contributed by atoms with van der Waals surface area (Å²) in [5.41, 5.74) is -6.61. The van der Waals surface area contributed by atoms with Crippen LogP contribution in [-0.2, 0) is 9.53 Å². The fraction of sp³-hybridized carbons (Fsp3) is 0.900. The molecule has 1 aliphatic carbocycles. The highest BCUT2D eigenvalue weighted by molar-refractivity contribution is 5.88. The highest BCUT2D eigenvalue weighted by Gasteiger charge is 2.90. The van der Waals surface area contributed by atoms with Gasteiger partial charge >= 0.3 is 5.97 Å². The van der Waals surface area contributed by atoms with Crippen LogP contribution in [0.4, 0.5) is 4.39 Å². The first-order chi connectivity index (χ1) is 8.00. The number of rotatable bonds is 4. The van der Waals surface area contributed by atoms with Crippen LogP contribution in [0.3, 0.4) is 0 Å². The fourth-order valence-electron chi connectivity index (χ4n) is 2.40. The Balaban J connectivity index is 3.12. The number of esters is 1. The quantitative estimate of drug-likeness (QED) is 0.362. The first-order valence-electron chi connectivity index (χ1n) is 5.21. The minimum absolute atomic E-state index is 0.960. The van der Waals surface area contributed by atoms with Crippen molar-refractivity contribution in [1.29, 1.82) is 0 Å². The molecular weight excluding hydrogens is 251 g/mol. The van der Waals surface area contributed by atoms with Crippen LogP contribution in [0, 0.1) is 5.41 Å². The molecule has 106 valence electrons. The van der Waals surface area contributed by atoms with E-state index in [1.54, 1.807) is 0 Å². The second-order valence-corrected chi connectivity index (χ2v) is 4.90. The summed E-state index contributed by atoms with van der Waals surface area (Å²) in [6.07, 6.45) is -7.47. The Morgan fingerprint density at radius 3 is 2.00 bits per heavy atom. The van der Waals surface area contributed by atoms with Crippen molar-refractivity contribution in [3.63, 3.8) is 0 Å². The molecule has 0 aromatic rings. The summed E-state index contributed by atoms with van der Waals surface area (Å²) in [5.74, 6) is -1.23. The highest BCUT2D eigenvalue weighted by Crippen LogP contribution is 2.67. The molecule has 0 aliphatic heterocycles. The van der Waals surface area contributed by atoms with Gasteiger partial charge in [0, 0.05) is 5.41 Å². The number of methoxy groups -OCH3 is 1. The van der Waals surface area contributed by atoms with Crippen molar-refractivity contribution >= 4 is 5.97 Å². The van der Waals surface area contributed by atoms with Crippen molar-refractivity contribution in [1.82, 2.24) is 0 Å². The van der Waals surface area contributed by atoms with Crippen molar-refractivity contribution in [3.05, 3.63) is 0 Å². The van der Waals surface area contributed by atoms with Gasteiger partial charge in [0.25, 0.3) is 0 Å². The normalized spacial score (nSPS) is 38.7. The molecule has 1 fully saturated rings. The lowest BCUT2D eigenvalue weighted by atomic mass is 9.98. The lowest BCUT2D eigenvalue weighted by molar-refractivity contribution is -0.181. The number of aliphatic hydroxyl groups is 5. The van der Waals surface area contributed by atoms with Gasteiger partial charge < -0.3 is 30.3 Å². The van der Waals surface area contributed by atoms with Gasteiger partial charge in [0.2, 0.25) is 12.0 Å². The van der Waals surface area contributed by atoms with Crippen LogP contribution >= 0.6 is 0 Å². The standard InChI is InChI=1S/C10H17FO7/c1-8(2)9(16,5(13)4(12)6(11)14)10(8,17)7(15)18-3/h4-6,12-14,16-17H,1-3H3/t4-,5-,6?,9-,10+/m1/s1. The van der Waals surface area contributed by atoms with E-state index in [0.29, 0.717) is 0 Å². The maximum atomic E-state index is 12.5. The summed E-state index contributed by atoms with van der Waals surface area (Å²) < 4.78 is 16.8. The Bertz CT molecular complexity index is 358. The number of hydrogen-bond donors (Lipinski definition) is 5. The van der Waals surface area contributed by atoms with E-state index < -0.39 is 41.2 Å². The Kier molecular flexibility index (Phi) is 3.48. The van der Waals surface area contributed by atoms with Crippen LogP contribution in [0.15, 0.2) is 0 Å². The molecule has 5 atom stereocenters. The van der Waals surface area contributed by atoms with Gasteiger partial charge in [0.15, 0.2) is 0 Å². The summed E-state index contributed by atoms with van der Waals surface area (Å²) in [6.45, 7) is 2.45. The maximum absolute atomic E-state index is 12.5. The first-order valence-corrected chi connectivity index (χ1v) is 5.21. The summed E-state index contributed by atoms with van der Waals surface area (Å²) in [5, 5.41) is 47.5. The molecule has 0 bridgehead atoms. The van der Waals surface area contributed by atoms with Gasteiger partial charge in [0.05, 0.1) is 7.11 Å². The molecule has 0 saturated heterocycles. The number of alkyl halides is 1. The molecule has 0 amide bonds. The van der Waals surface area contributed by atoms with Gasteiger partial charge in [-0.2, -0.15) is 0 Å². The van der Waals surface area contributed by atoms with Crippen molar-refractivity contribution in [2.75, 3.05) is 7.11 Å². The van der Waals surface area contributed by atoms with E-state index in [1.807, 2.05) is 0 Å². The van der Waals surface area contributed by atoms with Crippen molar-refractivity contribution in [2.45, 2.75) is 43.6 Å². The zero-order valence-electron chi connectivity index (χ0n) is 10.2. The molecule has 1 unspecified atom stereocenters. The van der Waals surface area contributed by atoms with E-state index in [0.717, 1.165) is 7.11 Å². The monoisotopic (exact) mass is 268 g/mol. The van der Waals surface area contributed by atoms with E-state index in [4.69, 9.17) is 5.11 Å². The zero-order chi connectivity index (χ0) is 14.5. The number of carbonyl (C=O) groups is 1. The molecule has 0 heterocycles. The Morgan fingerprint density at radius 1 is 1.22 bits per heavy atom. The van der Waals surface area contributed by atoms with E-state index in [2.05, 4.69) is 4.74 Å². The van der Waals surface area contributed by atoms with Crippen LogP contribution in [0.2, 0.25) is 0 Å². The zero-order valence-corrected chi connectivity index (χ0v) is 10.2. The SMILES string of the molecule is COC(=O)[C@]1(O)C(C)(C)[C@]1(O)[C@H](O)[C@@H](O)C(O)F. The van der Waals surface area contributed by atoms with Crippen LogP contribution in [0.25, 0.3) is 0 Å². The van der Waals surface area contributed by atoms with Crippen LogP contribution in [0.5, 0.6) is 0 Å². The minimum Gasteiger partial charge on any atom is -0.467 e. The third-order valence-corrected chi connectivity index (χ3v) is 3.86. The summed E-state index contributed by atoms with van der Waals surface area (Å²) in [4.78, 5) is 11.4. The summed E-state index contributed by atoms with van der Waals surface area (Å²) in [6, 6.07) is 0. The average Bonchev–Trinajstić information content (AvgIpc) is 2.67. The molecule has 0 aromatic heterocycles. The average molecular weight is 268 g/mol. The summed E-state index contributed by atoms with van der Waals surface area (Å²) in [7, 11) is 0.960. The molecule has 8 heteroatoms. The fourth-order valence-corrected chi connectivity index (χ4v) is 2.40. The number of ether oxygens (including phenoxy) is 1. The van der Waals surface area contributed by atoms with Crippen molar-refractivity contribution in [2.24, 2.45) is 5.41 Å². The molecular formula is C10H17FO7. The smallest absolute Gasteiger partial charge is 0.341 e. The van der Waals surface area contributed by atoms with E-state index in [9.17, 15) is 29.6 Å². The van der Waals surface area contributed by atoms with Gasteiger partial charge in [-0.05, 0) is 0 Å². The molecule has 0 spiro atoms. The second kappa shape index (κ2) is 4.10. The van der Waals surface area contributed by atoms with Gasteiger partial charge in [-0.3, -0.25) is 0 Å². The third kappa shape index (κ3) is 1.44. The number of aliphatic hydroxyl groups excluding tert-OH is 3. The first kappa shape index (κ1) is 15.3. The Morgan fingerprint density at radius 2 is 1.67 bits per heavy atom. The van der Waals surface area contributed by atoms with Crippen molar-refractivity contribution < 1.29 is 39.5 Å². The molecule has 0 radical (unpaired) electrons. The molecule has 0 aromatic carbocycles. The number of halogens is 1. The van der Waals surface area contributed by atoms with E-state index >= 15 is 0 Å². The largest absolute Gasteiger partial charge is 0.467 e. The summed E-state index contributed by atoms with van der Waals surface area (Å²) >= 11 is 0. The Labute approximate surface area is 102 Å². The molecule has 1 aliphatic rings. The Hall–Kier alpha value is -0.800. The third-order valence-electron chi connectivity index (χ3n) is 3.86. The number of carbonyl (C=O) groups excluding carboxylic acids is 1. The lowest BCUT2D eigenvalue weighted by Crippen LogP contribution is -2.51. The van der Waals surface area contributed by atoms with Gasteiger partial charge in [-0.25, -0.2) is 9.18 Å². The molecule has 18 heavy (non-hydrogen) atoms. The van der Waals surface area contributed by atoms with Crippen molar-refractivity contribution in [3.8, 4) is 0 Å². The predicted octanol–water partition coefficient (Wildman–Crippen LogP) is -2.33. The van der Waals surface area contributed by atoms with Gasteiger partial charge in [0.1, 0.15) is 17.8 Å². The highest BCUT2D eigenvalue weighted by atomic mass is 19.1. The van der Waals surface area contributed by atoms with Gasteiger partial charge in [-0.1, -0.05) is 13.8 Å². The molecule has 5 N–H and O–H groups in total. The lowest BCUT2D eigenvalue weighted by Gasteiger charge is -2.25. The van der Waals surface area contributed by atoms with Crippen LogP contribution in [0.1, 0.15) is 13.8 Å². The second-order valence-electron chi connectivity index (χ2n) is 4.90. The van der Waals surface area contributed by atoms with Crippen LogP contribution in [-0.4, -0.2) is 68.4 Å². The minimum atomic E-state index is -2.83. The predicted molar refractivity (Wildman–Crippen MR) is 54.8 cm³/mol.